The van der Waals surface area contributed by atoms with E-state index in [1.807, 2.05) is 0 Å². The molecule has 0 spiro atoms. The summed E-state index contributed by atoms with van der Waals surface area (Å²) in [5.41, 5.74) is 0. The highest BCUT2D eigenvalue weighted by molar-refractivity contribution is 4.90. The van der Waals surface area contributed by atoms with Crippen molar-refractivity contribution in [3.05, 3.63) is 0 Å². The molecular weight excluding hydrogens is 292 g/mol. The summed E-state index contributed by atoms with van der Waals surface area (Å²) >= 11 is 0. The van der Waals surface area contributed by atoms with E-state index in [2.05, 4.69) is 0 Å². The third kappa shape index (κ3) is 3.35. The van der Waals surface area contributed by atoms with Crippen LogP contribution in [0.5, 0.6) is 0 Å². The Labute approximate surface area is 119 Å². The Morgan fingerprint density at radius 1 is 0.714 bits per heavy atom. The summed E-state index contributed by atoms with van der Waals surface area (Å²) in [7, 11) is 0. The molecule has 0 saturated carbocycles. The third-order valence-electron chi connectivity index (χ3n) is 3.61. The topological polar surface area (TPSA) is 169 Å². The van der Waals surface area contributed by atoms with E-state index in [4.69, 9.17) is 19.3 Å². The number of aliphatic hydroxyl groups excluding tert-OH is 7. The first-order valence-electron chi connectivity index (χ1n) is 6.48. The van der Waals surface area contributed by atoms with Gasteiger partial charge >= 0.3 is 0 Å². The number of ether oxygens (including phenoxy) is 3. The average molecular weight is 312 g/mol. The Morgan fingerprint density at radius 2 is 1.33 bits per heavy atom. The predicted octanol–water partition coefficient (Wildman–Crippen LogP) is -4.76. The minimum atomic E-state index is -1.58. The number of aliphatic hydroxyl groups is 7. The molecule has 0 aromatic carbocycles. The largest absolute Gasteiger partial charge is 0.394 e. The molecule has 0 aromatic rings. The maximum absolute atomic E-state index is 9.72. The molecule has 124 valence electrons. The average Bonchev–Trinajstić information content (AvgIpc) is 2.71. The maximum Gasteiger partial charge on any atom is 0.186 e. The summed E-state index contributed by atoms with van der Waals surface area (Å²) in [4.78, 5) is 0. The molecular formula is C11H20O10. The van der Waals surface area contributed by atoms with Gasteiger partial charge in [0.2, 0.25) is 0 Å². The quantitative estimate of drug-likeness (QED) is 0.267. The van der Waals surface area contributed by atoms with Crippen molar-refractivity contribution < 1.29 is 50.0 Å². The second-order valence-electron chi connectivity index (χ2n) is 5.08. The summed E-state index contributed by atoms with van der Waals surface area (Å²) in [6, 6.07) is 0. The Balaban J connectivity index is 1.90. The van der Waals surface area contributed by atoms with Crippen LogP contribution >= 0.6 is 0 Å². The molecule has 2 fully saturated rings. The minimum absolute atomic E-state index is 0.349. The van der Waals surface area contributed by atoms with Gasteiger partial charge in [-0.1, -0.05) is 0 Å². The fraction of sp³-hybridized carbons (Fsp3) is 1.00. The van der Waals surface area contributed by atoms with E-state index in [0.717, 1.165) is 0 Å². The van der Waals surface area contributed by atoms with Crippen molar-refractivity contribution in [2.75, 3.05) is 13.2 Å². The third-order valence-corrected chi connectivity index (χ3v) is 3.61. The molecule has 2 heterocycles. The normalized spacial score (nSPS) is 51.3. The summed E-state index contributed by atoms with van der Waals surface area (Å²) in [5.74, 6) is 0. The van der Waals surface area contributed by atoms with Gasteiger partial charge in [-0.25, -0.2) is 0 Å². The molecule has 0 bridgehead atoms. The van der Waals surface area contributed by atoms with E-state index < -0.39 is 61.9 Å². The van der Waals surface area contributed by atoms with Gasteiger partial charge in [0.15, 0.2) is 12.6 Å². The van der Waals surface area contributed by atoms with Gasteiger partial charge in [-0.2, -0.15) is 0 Å². The maximum atomic E-state index is 9.72. The molecule has 2 saturated heterocycles. The highest BCUT2D eigenvalue weighted by atomic mass is 16.7. The van der Waals surface area contributed by atoms with Gasteiger partial charge < -0.3 is 50.0 Å². The first-order valence-corrected chi connectivity index (χ1v) is 6.48. The van der Waals surface area contributed by atoms with Crippen molar-refractivity contribution in [3.8, 4) is 0 Å². The van der Waals surface area contributed by atoms with Crippen LogP contribution in [0.3, 0.4) is 0 Å². The predicted molar refractivity (Wildman–Crippen MR) is 62.6 cm³/mol. The van der Waals surface area contributed by atoms with E-state index in [9.17, 15) is 30.6 Å². The lowest BCUT2D eigenvalue weighted by molar-refractivity contribution is -0.306. The molecule has 0 aliphatic carbocycles. The van der Waals surface area contributed by atoms with Gasteiger partial charge in [0.25, 0.3) is 0 Å². The van der Waals surface area contributed by atoms with Crippen molar-refractivity contribution in [2.45, 2.75) is 55.3 Å². The second kappa shape index (κ2) is 6.79. The second-order valence-corrected chi connectivity index (χ2v) is 5.08. The minimum Gasteiger partial charge on any atom is -0.394 e. The molecule has 0 unspecified atom stereocenters. The van der Waals surface area contributed by atoms with Crippen LogP contribution in [0, 0.1) is 0 Å². The molecule has 10 nitrogen and oxygen atoms in total. The Morgan fingerprint density at radius 3 is 1.86 bits per heavy atom. The monoisotopic (exact) mass is 312 g/mol. The zero-order chi connectivity index (χ0) is 15.7. The summed E-state index contributed by atoms with van der Waals surface area (Å²) < 4.78 is 15.1. The molecule has 2 aliphatic heterocycles. The molecule has 7 N–H and O–H groups in total. The first kappa shape index (κ1) is 17.0. The lowest BCUT2D eigenvalue weighted by Crippen LogP contribution is -2.59. The summed E-state index contributed by atoms with van der Waals surface area (Å²) in [5, 5.41) is 66.0. The van der Waals surface area contributed by atoms with Crippen LogP contribution in [-0.4, -0.2) is 104 Å². The van der Waals surface area contributed by atoms with Crippen LogP contribution in [0.1, 0.15) is 0 Å². The smallest absolute Gasteiger partial charge is 0.186 e. The number of hydrogen-bond donors (Lipinski definition) is 7. The lowest BCUT2D eigenvalue weighted by atomic mass is 9.99. The Hall–Kier alpha value is -0.400. The summed E-state index contributed by atoms with van der Waals surface area (Å²) in [6.07, 6.45) is -12.6. The van der Waals surface area contributed by atoms with E-state index >= 15 is 0 Å². The SMILES string of the molecule is OC[C@H]1O[C@@H](OC[C@H]2O[C@@H](O)[C@H](O)[C@H]2O)[C@H](O)[C@@H](O)[C@@H]1O. The van der Waals surface area contributed by atoms with E-state index in [1.165, 1.54) is 0 Å². The van der Waals surface area contributed by atoms with Crippen LogP contribution in [0.15, 0.2) is 0 Å². The first-order chi connectivity index (χ1) is 9.86. The Kier molecular flexibility index (Phi) is 5.48. The van der Waals surface area contributed by atoms with Crippen molar-refractivity contribution in [2.24, 2.45) is 0 Å². The fourth-order valence-corrected chi connectivity index (χ4v) is 2.26. The van der Waals surface area contributed by atoms with Crippen molar-refractivity contribution in [1.82, 2.24) is 0 Å². The number of hydrogen-bond acceptors (Lipinski definition) is 10. The van der Waals surface area contributed by atoms with Crippen molar-refractivity contribution in [1.29, 1.82) is 0 Å². The zero-order valence-electron chi connectivity index (χ0n) is 11.0. The fourth-order valence-electron chi connectivity index (χ4n) is 2.26. The van der Waals surface area contributed by atoms with Gasteiger partial charge in [0.05, 0.1) is 13.2 Å². The van der Waals surface area contributed by atoms with Crippen molar-refractivity contribution >= 4 is 0 Å². The summed E-state index contributed by atoms with van der Waals surface area (Å²) in [6.45, 7) is -0.942. The van der Waals surface area contributed by atoms with Gasteiger partial charge in [0, 0.05) is 0 Å². The van der Waals surface area contributed by atoms with Gasteiger partial charge in [0.1, 0.15) is 42.7 Å². The van der Waals surface area contributed by atoms with Crippen LogP contribution < -0.4 is 0 Å². The highest BCUT2D eigenvalue weighted by Gasteiger charge is 2.46. The van der Waals surface area contributed by atoms with Gasteiger partial charge in [-0.15, -0.1) is 0 Å². The molecule has 9 atom stereocenters. The molecule has 0 aromatic heterocycles. The zero-order valence-corrected chi connectivity index (χ0v) is 11.0. The molecule has 21 heavy (non-hydrogen) atoms. The highest BCUT2D eigenvalue weighted by Crippen LogP contribution is 2.24. The van der Waals surface area contributed by atoms with Crippen LogP contribution in [0.4, 0.5) is 0 Å². The van der Waals surface area contributed by atoms with Crippen LogP contribution in [0.25, 0.3) is 0 Å². The number of rotatable bonds is 4. The van der Waals surface area contributed by atoms with Crippen LogP contribution in [0.2, 0.25) is 0 Å². The molecule has 0 radical (unpaired) electrons. The van der Waals surface area contributed by atoms with E-state index in [1.54, 1.807) is 0 Å². The van der Waals surface area contributed by atoms with E-state index in [-0.39, 0.29) is 6.61 Å². The molecule has 2 aliphatic rings. The molecule has 10 heteroatoms. The molecule has 2 rings (SSSR count). The standard InChI is InChI=1S/C11H20O10/c12-1-3-5(13)7(15)9(17)11(21-3)19-2-4-6(14)8(16)10(18)20-4/h3-18H,1-2H2/t3-,4-,5-,6+,7+,8-,9-,10-,11-/m1/s1. The Bertz CT molecular complexity index is 339. The van der Waals surface area contributed by atoms with Crippen LogP contribution in [-0.2, 0) is 14.2 Å². The molecule has 0 amide bonds. The van der Waals surface area contributed by atoms with Crippen molar-refractivity contribution in [3.63, 3.8) is 0 Å². The lowest BCUT2D eigenvalue weighted by Gasteiger charge is -2.39. The van der Waals surface area contributed by atoms with E-state index in [0.29, 0.717) is 0 Å². The van der Waals surface area contributed by atoms with Gasteiger partial charge in [-0.05, 0) is 0 Å². The van der Waals surface area contributed by atoms with Gasteiger partial charge in [-0.3, -0.25) is 0 Å².